The van der Waals surface area contributed by atoms with Gasteiger partial charge in [-0.2, -0.15) is 0 Å². The summed E-state index contributed by atoms with van der Waals surface area (Å²) in [4.78, 5) is 2.79. The summed E-state index contributed by atoms with van der Waals surface area (Å²) < 4.78 is 0. The predicted molar refractivity (Wildman–Crippen MR) is 72.1 cm³/mol. The number of piperazine rings is 1. The topological polar surface area (TPSA) is 15.3 Å². The van der Waals surface area contributed by atoms with Crippen molar-refractivity contribution in [3.8, 4) is 0 Å². The van der Waals surface area contributed by atoms with Gasteiger partial charge in [-0.25, -0.2) is 0 Å². The first-order valence-electron chi connectivity index (χ1n) is 7.82. The second-order valence-electron chi connectivity index (χ2n) is 6.53. The molecule has 3 aliphatic rings. The second kappa shape index (κ2) is 5.27. The van der Waals surface area contributed by atoms with Crippen molar-refractivity contribution in [2.24, 2.45) is 11.8 Å². The Bertz CT molecular complexity index is 243. The van der Waals surface area contributed by atoms with Crippen molar-refractivity contribution in [3.05, 3.63) is 0 Å². The molecule has 2 aliphatic carbocycles. The minimum atomic E-state index is 0.815. The molecule has 3 fully saturated rings. The molecule has 0 aromatic carbocycles. The maximum Gasteiger partial charge on any atom is 0.0223 e. The summed E-state index contributed by atoms with van der Waals surface area (Å²) >= 11 is 0. The van der Waals surface area contributed by atoms with Crippen molar-refractivity contribution < 1.29 is 0 Å². The van der Waals surface area contributed by atoms with Gasteiger partial charge in [0.15, 0.2) is 0 Å². The summed E-state index contributed by atoms with van der Waals surface area (Å²) in [5.74, 6) is 2.00. The molecule has 1 N–H and O–H groups in total. The van der Waals surface area contributed by atoms with Gasteiger partial charge in [0, 0.05) is 31.7 Å². The lowest BCUT2D eigenvalue weighted by Gasteiger charge is -2.42. The minimum Gasteiger partial charge on any atom is -0.311 e. The van der Waals surface area contributed by atoms with Gasteiger partial charge < -0.3 is 5.32 Å². The number of hydrogen-bond acceptors (Lipinski definition) is 2. The van der Waals surface area contributed by atoms with E-state index in [1.807, 2.05) is 0 Å². The zero-order valence-electron chi connectivity index (χ0n) is 11.3. The van der Waals surface area contributed by atoms with Crippen molar-refractivity contribution >= 4 is 0 Å². The van der Waals surface area contributed by atoms with E-state index in [4.69, 9.17) is 0 Å². The Hall–Kier alpha value is -0.0800. The van der Waals surface area contributed by atoms with Crippen molar-refractivity contribution in [1.82, 2.24) is 10.2 Å². The van der Waals surface area contributed by atoms with Crippen molar-refractivity contribution in [1.29, 1.82) is 0 Å². The molecule has 17 heavy (non-hydrogen) atoms. The summed E-state index contributed by atoms with van der Waals surface area (Å²) in [5.41, 5.74) is 0. The fraction of sp³-hybridized carbons (Fsp3) is 1.00. The average molecular weight is 236 g/mol. The monoisotopic (exact) mass is 236 g/mol. The van der Waals surface area contributed by atoms with Gasteiger partial charge in [-0.15, -0.1) is 0 Å². The third-order valence-electron chi connectivity index (χ3n) is 5.34. The van der Waals surface area contributed by atoms with Crippen LogP contribution in [0.4, 0.5) is 0 Å². The molecule has 3 rings (SSSR count). The van der Waals surface area contributed by atoms with Gasteiger partial charge in [0.1, 0.15) is 0 Å². The van der Waals surface area contributed by atoms with Gasteiger partial charge in [0.2, 0.25) is 0 Å². The number of hydrogen-bond donors (Lipinski definition) is 1. The van der Waals surface area contributed by atoms with Crippen LogP contribution in [0.3, 0.4) is 0 Å². The average Bonchev–Trinajstić information content (AvgIpc) is 3.23. The molecule has 0 amide bonds. The predicted octanol–water partition coefficient (Wildman–Crippen LogP) is 2.64. The van der Waals surface area contributed by atoms with Crippen LogP contribution in [0.5, 0.6) is 0 Å². The third kappa shape index (κ3) is 2.85. The molecule has 2 atom stereocenters. The fourth-order valence-electron chi connectivity index (χ4n) is 3.90. The van der Waals surface area contributed by atoms with E-state index >= 15 is 0 Å². The van der Waals surface area contributed by atoms with E-state index in [1.54, 1.807) is 0 Å². The van der Waals surface area contributed by atoms with Crippen LogP contribution < -0.4 is 5.32 Å². The molecule has 2 saturated carbocycles. The highest BCUT2D eigenvalue weighted by Crippen LogP contribution is 2.35. The highest BCUT2D eigenvalue weighted by molar-refractivity contribution is 4.93. The SMILES string of the molecule is CC(C1CCCCC1)N1CCNC(C2CC2)C1. The van der Waals surface area contributed by atoms with E-state index in [0.717, 1.165) is 23.9 Å². The number of nitrogens with one attached hydrogen (secondary N) is 1. The van der Waals surface area contributed by atoms with Gasteiger partial charge in [-0.3, -0.25) is 4.90 Å². The van der Waals surface area contributed by atoms with Crippen molar-refractivity contribution in [3.63, 3.8) is 0 Å². The number of nitrogens with zero attached hydrogens (tertiary/aromatic N) is 1. The van der Waals surface area contributed by atoms with Crippen molar-refractivity contribution in [2.45, 2.75) is 64.0 Å². The first kappa shape index (κ1) is 12.0. The second-order valence-corrected chi connectivity index (χ2v) is 6.53. The molecule has 1 aliphatic heterocycles. The number of rotatable bonds is 3. The highest BCUT2D eigenvalue weighted by atomic mass is 15.2. The standard InChI is InChI=1S/C15H28N2/c1-12(13-5-3-2-4-6-13)17-10-9-16-15(11-17)14-7-8-14/h12-16H,2-11H2,1H3. The molecule has 1 saturated heterocycles. The lowest BCUT2D eigenvalue weighted by Crippen LogP contribution is -2.55. The minimum absolute atomic E-state index is 0.815. The molecule has 0 spiro atoms. The van der Waals surface area contributed by atoms with E-state index in [-0.39, 0.29) is 0 Å². The summed E-state index contributed by atoms with van der Waals surface area (Å²) in [5, 5.41) is 3.73. The van der Waals surface area contributed by atoms with Crippen LogP contribution in [0.2, 0.25) is 0 Å². The summed E-state index contributed by atoms with van der Waals surface area (Å²) in [6, 6.07) is 1.65. The maximum atomic E-state index is 3.73. The van der Waals surface area contributed by atoms with Crippen LogP contribution in [0.15, 0.2) is 0 Å². The Morgan fingerprint density at radius 3 is 2.53 bits per heavy atom. The molecular formula is C15H28N2. The summed E-state index contributed by atoms with van der Waals surface area (Å²) in [6.07, 6.45) is 10.4. The zero-order chi connectivity index (χ0) is 11.7. The van der Waals surface area contributed by atoms with Gasteiger partial charge in [-0.1, -0.05) is 19.3 Å². The summed E-state index contributed by atoms with van der Waals surface area (Å²) in [7, 11) is 0. The third-order valence-corrected chi connectivity index (χ3v) is 5.34. The molecular weight excluding hydrogens is 208 g/mol. The van der Waals surface area contributed by atoms with Crippen LogP contribution >= 0.6 is 0 Å². The van der Waals surface area contributed by atoms with Crippen LogP contribution in [-0.4, -0.2) is 36.6 Å². The molecule has 2 heteroatoms. The highest BCUT2D eigenvalue weighted by Gasteiger charge is 2.36. The molecule has 2 nitrogen and oxygen atoms in total. The van der Waals surface area contributed by atoms with Gasteiger partial charge in [0.05, 0.1) is 0 Å². The summed E-state index contributed by atoms with van der Waals surface area (Å²) in [6.45, 7) is 6.31. The molecule has 0 aromatic rings. The Balaban J connectivity index is 1.54. The largest absolute Gasteiger partial charge is 0.311 e. The molecule has 0 bridgehead atoms. The molecule has 0 radical (unpaired) electrons. The van der Waals surface area contributed by atoms with Gasteiger partial charge in [-0.05, 0) is 44.4 Å². The van der Waals surface area contributed by atoms with E-state index in [2.05, 4.69) is 17.1 Å². The Labute approximate surface area is 106 Å². The molecule has 0 aromatic heterocycles. The Morgan fingerprint density at radius 2 is 1.82 bits per heavy atom. The van der Waals surface area contributed by atoms with E-state index in [0.29, 0.717) is 0 Å². The van der Waals surface area contributed by atoms with Gasteiger partial charge >= 0.3 is 0 Å². The first-order valence-corrected chi connectivity index (χ1v) is 7.82. The first-order chi connectivity index (χ1) is 8.34. The van der Waals surface area contributed by atoms with Crippen LogP contribution in [0, 0.1) is 11.8 Å². The smallest absolute Gasteiger partial charge is 0.0223 e. The van der Waals surface area contributed by atoms with Crippen molar-refractivity contribution in [2.75, 3.05) is 19.6 Å². The molecule has 98 valence electrons. The maximum absolute atomic E-state index is 3.73. The van der Waals surface area contributed by atoms with E-state index in [1.165, 1.54) is 64.6 Å². The lowest BCUT2D eigenvalue weighted by atomic mass is 9.83. The molecule has 1 heterocycles. The van der Waals surface area contributed by atoms with Crippen LogP contribution in [-0.2, 0) is 0 Å². The van der Waals surface area contributed by atoms with Gasteiger partial charge in [0.25, 0.3) is 0 Å². The fourth-order valence-corrected chi connectivity index (χ4v) is 3.90. The molecule has 2 unspecified atom stereocenters. The normalized spacial score (nSPS) is 34.8. The van der Waals surface area contributed by atoms with Crippen LogP contribution in [0.1, 0.15) is 51.9 Å². The zero-order valence-corrected chi connectivity index (χ0v) is 11.3. The van der Waals surface area contributed by atoms with E-state index < -0.39 is 0 Å². The Kier molecular flexibility index (Phi) is 3.72. The lowest BCUT2D eigenvalue weighted by molar-refractivity contribution is 0.0919. The van der Waals surface area contributed by atoms with E-state index in [9.17, 15) is 0 Å². The Morgan fingerprint density at radius 1 is 1.06 bits per heavy atom. The quantitative estimate of drug-likeness (QED) is 0.810. The van der Waals surface area contributed by atoms with Crippen LogP contribution in [0.25, 0.3) is 0 Å².